The van der Waals surface area contributed by atoms with Crippen LogP contribution >= 0.6 is 12.4 Å². The highest BCUT2D eigenvalue weighted by Crippen LogP contribution is 2.27. The highest BCUT2D eigenvalue weighted by atomic mass is 35.5. The second kappa shape index (κ2) is 11.9. The average molecular weight is 387 g/mol. The van der Waals surface area contributed by atoms with E-state index in [1.54, 1.807) is 32.4 Å². The number of nitrogens with one attached hydrogen (secondary N) is 2. The van der Waals surface area contributed by atoms with Gasteiger partial charge in [-0.05, 0) is 37.8 Å². The third-order valence-electron chi connectivity index (χ3n) is 4.67. The first-order valence-corrected chi connectivity index (χ1v) is 8.95. The number of rotatable bonds is 9. The molecule has 2 N–H and O–H groups in total. The number of ether oxygens (including phenoxy) is 3. The predicted octanol–water partition coefficient (Wildman–Crippen LogP) is 2.65. The summed E-state index contributed by atoms with van der Waals surface area (Å²) in [6.45, 7) is 5.17. The normalized spacial score (nSPS) is 17.6. The standard InChI is InChI=1S/C19H30N2O4.ClH/c1-14(15-5-4-6-20-13-15)9-19(22)21-7-8-25-18-11-16(23-2)10-17(12-18)24-3;/h10-12,14-15,20H,4-9,13H2,1-3H3,(H,21,22);1H. The van der Waals surface area contributed by atoms with Crippen LogP contribution < -0.4 is 24.8 Å². The number of amides is 1. The molecule has 1 aliphatic heterocycles. The maximum Gasteiger partial charge on any atom is 0.220 e. The molecule has 0 saturated carbocycles. The number of hydrogen-bond acceptors (Lipinski definition) is 5. The lowest BCUT2D eigenvalue weighted by atomic mass is 9.85. The Morgan fingerprint density at radius 3 is 2.46 bits per heavy atom. The summed E-state index contributed by atoms with van der Waals surface area (Å²) in [4.78, 5) is 12.1. The Morgan fingerprint density at radius 2 is 1.88 bits per heavy atom. The fraction of sp³-hybridized carbons (Fsp3) is 0.632. The van der Waals surface area contributed by atoms with Crippen LogP contribution in [0, 0.1) is 11.8 Å². The van der Waals surface area contributed by atoms with Gasteiger partial charge in [-0.2, -0.15) is 0 Å². The van der Waals surface area contributed by atoms with Gasteiger partial charge in [0.05, 0.1) is 20.8 Å². The second-order valence-electron chi connectivity index (χ2n) is 6.53. The smallest absolute Gasteiger partial charge is 0.220 e. The summed E-state index contributed by atoms with van der Waals surface area (Å²) in [5.41, 5.74) is 0. The van der Waals surface area contributed by atoms with E-state index in [0.717, 1.165) is 13.1 Å². The van der Waals surface area contributed by atoms with Crippen molar-refractivity contribution in [3.8, 4) is 17.2 Å². The molecule has 0 spiro atoms. The molecule has 2 unspecified atom stereocenters. The molecule has 1 amide bonds. The Kier molecular flexibility index (Phi) is 10.2. The summed E-state index contributed by atoms with van der Waals surface area (Å²) in [6, 6.07) is 5.38. The van der Waals surface area contributed by atoms with E-state index in [-0.39, 0.29) is 18.3 Å². The molecule has 7 heteroatoms. The van der Waals surface area contributed by atoms with Gasteiger partial charge >= 0.3 is 0 Å². The Bertz CT molecular complexity index is 528. The maximum atomic E-state index is 12.1. The van der Waals surface area contributed by atoms with E-state index in [9.17, 15) is 4.79 Å². The lowest BCUT2D eigenvalue weighted by Gasteiger charge is -2.28. The minimum absolute atomic E-state index is 0. The second-order valence-corrected chi connectivity index (χ2v) is 6.53. The number of piperidine rings is 1. The highest BCUT2D eigenvalue weighted by Gasteiger charge is 2.21. The van der Waals surface area contributed by atoms with Crippen LogP contribution in [0.25, 0.3) is 0 Å². The minimum Gasteiger partial charge on any atom is -0.496 e. The Balaban J connectivity index is 0.00000338. The molecule has 1 aromatic rings. The zero-order chi connectivity index (χ0) is 18.1. The van der Waals surface area contributed by atoms with Crippen LogP contribution in [0.2, 0.25) is 0 Å². The summed E-state index contributed by atoms with van der Waals surface area (Å²) in [6.07, 6.45) is 2.98. The molecule has 2 rings (SSSR count). The van der Waals surface area contributed by atoms with E-state index < -0.39 is 0 Å². The van der Waals surface area contributed by atoms with Crippen LogP contribution in [0.15, 0.2) is 18.2 Å². The topological polar surface area (TPSA) is 68.8 Å². The number of carbonyl (C=O) groups is 1. The molecule has 1 heterocycles. The molecule has 1 aliphatic rings. The van der Waals surface area contributed by atoms with Crippen LogP contribution in [0.1, 0.15) is 26.2 Å². The van der Waals surface area contributed by atoms with E-state index >= 15 is 0 Å². The molecule has 0 radical (unpaired) electrons. The van der Waals surface area contributed by atoms with Gasteiger partial charge < -0.3 is 24.8 Å². The maximum absolute atomic E-state index is 12.1. The van der Waals surface area contributed by atoms with Crippen LogP contribution in [0.3, 0.4) is 0 Å². The zero-order valence-electron chi connectivity index (χ0n) is 15.9. The predicted molar refractivity (Wildman–Crippen MR) is 105 cm³/mol. The molecule has 6 nitrogen and oxygen atoms in total. The van der Waals surface area contributed by atoms with E-state index in [0.29, 0.717) is 48.7 Å². The first-order chi connectivity index (χ1) is 12.1. The molecule has 26 heavy (non-hydrogen) atoms. The van der Waals surface area contributed by atoms with Crippen molar-refractivity contribution in [2.24, 2.45) is 11.8 Å². The molecule has 0 aliphatic carbocycles. The number of hydrogen-bond donors (Lipinski definition) is 2. The Hall–Kier alpha value is -1.66. The fourth-order valence-electron chi connectivity index (χ4n) is 3.12. The minimum atomic E-state index is 0. The summed E-state index contributed by atoms with van der Waals surface area (Å²) in [5, 5.41) is 6.34. The van der Waals surface area contributed by atoms with Crippen molar-refractivity contribution in [2.75, 3.05) is 40.5 Å². The van der Waals surface area contributed by atoms with Gasteiger partial charge in [-0.1, -0.05) is 6.92 Å². The molecule has 0 aromatic heterocycles. The zero-order valence-corrected chi connectivity index (χ0v) is 16.7. The third-order valence-corrected chi connectivity index (χ3v) is 4.67. The van der Waals surface area contributed by atoms with Crippen molar-refractivity contribution in [3.63, 3.8) is 0 Å². The monoisotopic (exact) mass is 386 g/mol. The molecule has 1 aromatic carbocycles. The van der Waals surface area contributed by atoms with Crippen molar-refractivity contribution in [1.29, 1.82) is 0 Å². The van der Waals surface area contributed by atoms with Crippen LogP contribution in [-0.4, -0.2) is 46.4 Å². The molecule has 148 valence electrons. The fourth-order valence-corrected chi connectivity index (χ4v) is 3.12. The number of methoxy groups -OCH3 is 2. The lowest BCUT2D eigenvalue weighted by Crippen LogP contribution is -2.36. The summed E-state index contributed by atoms with van der Waals surface area (Å²) in [5.74, 6) is 3.09. The number of benzene rings is 1. The summed E-state index contributed by atoms with van der Waals surface area (Å²) >= 11 is 0. The first kappa shape index (κ1) is 22.4. The Morgan fingerprint density at radius 1 is 1.23 bits per heavy atom. The van der Waals surface area contributed by atoms with Crippen LogP contribution in [0.4, 0.5) is 0 Å². The lowest BCUT2D eigenvalue weighted by molar-refractivity contribution is -0.122. The van der Waals surface area contributed by atoms with Gasteiger partial charge in [0.1, 0.15) is 23.9 Å². The van der Waals surface area contributed by atoms with E-state index in [1.807, 2.05) is 0 Å². The van der Waals surface area contributed by atoms with Gasteiger partial charge in [0.2, 0.25) is 5.91 Å². The van der Waals surface area contributed by atoms with Gasteiger partial charge in [0, 0.05) is 24.6 Å². The molecule has 1 saturated heterocycles. The van der Waals surface area contributed by atoms with Gasteiger partial charge in [-0.25, -0.2) is 0 Å². The van der Waals surface area contributed by atoms with Crippen molar-refractivity contribution in [1.82, 2.24) is 10.6 Å². The molecular formula is C19H31ClN2O4. The first-order valence-electron chi connectivity index (χ1n) is 8.95. The van der Waals surface area contributed by atoms with Crippen LogP contribution in [0.5, 0.6) is 17.2 Å². The van der Waals surface area contributed by atoms with E-state index in [2.05, 4.69) is 17.6 Å². The van der Waals surface area contributed by atoms with Gasteiger partial charge in [-0.15, -0.1) is 12.4 Å². The molecular weight excluding hydrogens is 356 g/mol. The Labute approximate surface area is 162 Å². The SMILES string of the molecule is COc1cc(OC)cc(OCCNC(=O)CC(C)C2CCCNC2)c1.Cl. The van der Waals surface area contributed by atoms with E-state index in [1.165, 1.54) is 12.8 Å². The van der Waals surface area contributed by atoms with Crippen molar-refractivity contribution < 1.29 is 19.0 Å². The number of carbonyl (C=O) groups excluding carboxylic acids is 1. The van der Waals surface area contributed by atoms with Gasteiger partial charge in [-0.3, -0.25) is 4.79 Å². The molecule has 2 atom stereocenters. The molecule has 0 bridgehead atoms. The largest absolute Gasteiger partial charge is 0.496 e. The quantitative estimate of drug-likeness (QED) is 0.638. The molecule has 1 fully saturated rings. The van der Waals surface area contributed by atoms with E-state index in [4.69, 9.17) is 14.2 Å². The van der Waals surface area contributed by atoms with Gasteiger partial charge in [0.25, 0.3) is 0 Å². The third kappa shape index (κ3) is 7.30. The highest BCUT2D eigenvalue weighted by molar-refractivity contribution is 5.85. The van der Waals surface area contributed by atoms with Crippen molar-refractivity contribution in [3.05, 3.63) is 18.2 Å². The van der Waals surface area contributed by atoms with Crippen molar-refractivity contribution >= 4 is 18.3 Å². The summed E-state index contributed by atoms with van der Waals surface area (Å²) < 4.78 is 16.1. The average Bonchev–Trinajstić information content (AvgIpc) is 2.65. The van der Waals surface area contributed by atoms with Crippen molar-refractivity contribution in [2.45, 2.75) is 26.2 Å². The number of halogens is 1. The van der Waals surface area contributed by atoms with Gasteiger partial charge in [0.15, 0.2) is 0 Å². The summed E-state index contributed by atoms with van der Waals surface area (Å²) in [7, 11) is 3.20. The van der Waals surface area contributed by atoms with Crippen LogP contribution in [-0.2, 0) is 4.79 Å².